The van der Waals surface area contributed by atoms with Gasteiger partial charge in [0.2, 0.25) is 0 Å². The van der Waals surface area contributed by atoms with Crippen molar-refractivity contribution in [1.82, 2.24) is 9.78 Å². The van der Waals surface area contributed by atoms with Gasteiger partial charge in [-0.05, 0) is 39.6 Å². The summed E-state index contributed by atoms with van der Waals surface area (Å²) < 4.78 is 2.14. The Kier molecular flexibility index (Phi) is 3.04. The topological polar surface area (TPSA) is 61.0 Å². The molecule has 1 aromatic heterocycles. The van der Waals surface area contributed by atoms with E-state index < -0.39 is 4.92 Å². The fourth-order valence-electron chi connectivity index (χ4n) is 2.06. The maximum absolute atomic E-state index is 10.6. The maximum Gasteiger partial charge on any atom is 0.404 e. The smallest absolute Gasteiger partial charge is 0.358 e. The highest BCUT2D eigenvalue weighted by Crippen LogP contribution is 2.28. The molecule has 2 rings (SSSR count). The van der Waals surface area contributed by atoms with Gasteiger partial charge in [0.05, 0.1) is 17.8 Å². The van der Waals surface area contributed by atoms with Gasteiger partial charge in [-0.2, -0.15) is 4.68 Å². The number of hydrogen-bond donors (Lipinski definition) is 0. The van der Waals surface area contributed by atoms with Crippen molar-refractivity contribution in [3.05, 3.63) is 20.8 Å². The summed E-state index contributed by atoms with van der Waals surface area (Å²) in [6.45, 7) is 0.798. The zero-order valence-corrected chi connectivity index (χ0v) is 9.81. The monoisotopic (exact) mass is 273 g/mol. The molecule has 0 atom stereocenters. The second-order valence-electron chi connectivity index (χ2n) is 3.93. The van der Waals surface area contributed by atoms with Crippen molar-refractivity contribution in [2.45, 2.75) is 32.2 Å². The van der Waals surface area contributed by atoms with Gasteiger partial charge in [-0.15, -0.1) is 0 Å². The number of nitrogens with zero attached hydrogens (tertiary/aromatic N) is 3. The van der Waals surface area contributed by atoms with Crippen LogP contribution in [0.25, 0.3) is 0 Å². The number of nitro groups is 1. The van der Waals surface area contributed by atoms with Gasteiger partial charge in [-0.3, -0.25) is 0 Å². The van der Waals surface area contributed by atoms with E-state index in [0.29, 0.717) is 10.4 Å². The molecule has 0 amide bonds. The Morgan fingerprint density at radius 2 is 2.27 bits per heavy atom. The van der Waals surface area contributed by atoms with Gasteiger partial charge in [0.25, 0.3) is 0 Å². The molecule has 82 valence electrons. The van der Waals surface area contributed by atoms with Crippen LogP contribution in [0, 0.1) is 16.0 Å². The molecule has 5 nitrogen and oxygen atoms in total. The lowest BCUT2D eigenvalue weighted by Gasteiger charge is -2.04. The molecule has 0 aromatic carbocycles. The van der Waals surface area contributed by atoms with Gasteiger partial charge in [0.1, 0.15) is 4.47 Å². The Morgan fingerprint density at radius 3 is 2.80 bits per heavy atom. The quantitative estimate of drug-likeness (QED) is 0.629. The van der Waals surface area contributed by atoms with E-state index >= 15 is 0 Å². The van der Waals surface area contributed by atoms with Gasteiger partial charge in [0, 0.05) is 0 Å². The first-order valence-electron chi connectivity index (χ1n) is 5.04. The highest BCUT2D eigenvalue weighted by atomic mass is 79.9. The van der Waals surface area contributed by atoms with Crippen LogP contribution in [0.3, 0.4) is 0 Å². The first-order chi connectivity index (χ1) is 7.16. The maximum atomic E-state index is 10.6. The zero-order valence-electron chi connectivity index (χ0n) is 8.23. The molecule has 0 saturated heterocycles. The highest BCUT2D eigenvalue weighted by Gasteiger charge is 2.22. The molecule has 0 bridgehead atoms. The molecule has 1 aliphatic carbocycles. The fourth-order valence-corrected chi connectivity index (χ4v) is 2.52. The minimum Gasteiger partial charge on any atom is -0.358 e. The molecule has 0 N–H and O–H groups in total. The average molecular weight is 274 g/mol. The molecule has 0 aliphatic heterocycles. The third-order valence-electron chi connectivity index (χ3n) is 2.79. The van der Waals surface area contributed by atoms with E-state index in [1.165, 1.54) is 25.7 Å². The SMILES string of the molecule is O=[N+]([O-])c1nn(CC2CCCC2)cc1Br. The Bertz CT molecular complexity index is 371. The summed E-state index contributed by atoms with van der Waals surface area (Å²) in [6, 6.07) is 0. The summed E-state index contributed by atoms with van der Waals surface area (Å²) in [5.41, 5.74) is 0. The summed E-state index contributed by atoms with van der Waals surface area (Å²) in [4.78, 5) is 10.1. The number of halogens is 1. The largest absolute Gasteiger partial charge is 0.404 e. The number of aromatic nitrogens is 2. The van der Waals surface area contributed by atoms with E-state index in [9.17, 15) is 10.1 Å². The molecule has 15 heavy (non-hydrogen) atoms. The first-order valence-corrected chi connectivity index (χ1v) is 5.83. The van der Waals surface area contributed by atoms with E-state index in [-0.39, 0.29) is 5.82 Å². The molecule has 1 saturated carbocycles. The van der Waals surface area contributed by atoms with Crippen LogP contribution in [0.5, 0.6) is 0 Å². The zero-order chi connectivity index (χ0) is 10.8. The minimum atomic E-state index is -0.463. The van der Waals surface area contributed by atoms with Gasteiger partial charge in [0.15, 0.2) is 0 Å². The second-order valence-corrected chi connectivity index (χ2v) is 4.78. The van der Waals surface area contributed by atoms with Crippen LogP contribution in [-0.2, 0) is 6.54 Å². The van der Waals surface area contributed by atoms with Gasteiger partial charge < -0.3 is 10.1 Å². The van der Waals surface area contributed by atoms with Crippen molar-refractivity contribution < 1.29 is 4.92 Å². The van der Waals surface area contributed by atoms with E-state index in [1.54, 1.807) is 10.9 Å². The Balaban J connectivity index is 2.08. The Morgan fingerprint density at radius 1 is 1.60 bits per heavy atom. The summed E-state index contributed by atoms with van der Waals surface area (Å²) in [6.07, 6.45) is 6.66. The van der Waals surface area contributed by atoms with E-state index in [2.05, 4.69) is 21.0 Å². The van der Waals surface area contributed by atoms with Crippen molar-refractivity contribution in [3.8, 4) is 0 Å². The molecule has 1 aromatic rings. The lowest BCUT2D eigenvalue weighted by Crippen LogP contribution is -2.08. The molecule has 0 spiro atoms. The van der Waals surface area contributed by atoms with Crippen LogP contribution in [0.15, 0.2) is 10.7 Å². The van der Waals surface area contributed by atoms with Gasteiger partial charge in [-0.1, -0.05) is 12.8 Å². The van der Waals surface area contributed by atoms with Crippen molar-refractivity contribution in [3.63, 3.8) is 0 Å². The molecule has 0 radical (unpaired) electrons. The molecule has 1 aliphatic rings. The lowest BCUT2D eigenvalue weighted by atomic mass is 10.1. The fraction of sp³-hybridized carbons (Fsp3) is 0.667. The third kappa shape index (κ3) is 2.37. The summed E-state index contributed by atoms with van der Waals surface area (Å²) in [7, 11) is 0. The molecule has 1 heterocycles. The Hall–Kier alpha value is -0.910. The highest BCUT2D eigenvalue weighted by molar-refractivity contribution is 9.10. The predicted molar refractivity (Wildman–Crippen MR) is 58.5 cm³/mol. The van der Waals surface area contributed by atoms with Crippen molar-refractivity contribution in [2.75, 3.05) is 0 Å². The normalized spacial score (nSPS) is 17.1. The lowest BCUT2D eigenvalue weighted by molar-refractivity contribution is -0.390. The van der Waals surface area contributed by atoms with Crippen molar-refractivity contribution in [1.29, 1.82) is 0 Å². The minimum absolute atomic E-state index is 0.0898. The van der Waals surface area contributed by atoms with Crippen LogP contribution < -0.4 is 0 Å². The standard InChI is InChI=1S/C9H12BrN3O2/c10-8-6-12(11-9(8)13(14)15)5-7-3-1-2-4-7/h6-7H,1-5H2. The molecule has 6 heteroatoms. The Labute approximate surface area is 95.7 Å². The summed E-state index contributed by atoms with van der Waals surface area (Å²) in [5, 5.41) is 14.5. The van der Waals surface area contributed by atoms with Gasteiger partial charge >= 0.3 is 5.82 Å². The van der Waals surface area contributed by atoms with E-state index in [0.717, 1.165) is 6.54 Å². The summed E-state index contributed by atoms with van der Waals surface area (Å²) >= 11 is 3.14. The molecular formula is C9H12BrN3O2. The summed E-state index contributed by atoms with van der Waals surface area (Å²) in [5.74, 6) is 0.546. The predicted octanol–water partition coefficient (Wildman–Crippen LogP) is 2.74. The van der Waals surface area contributed by atoms with Gasteiger partial charge in [-0.25, -0.2) is 0 Å². The van der Waals surface area contributed by atoms with Crippen LogP contribution in [0.1, 0.15) is 25.7 Å². The molecule has 0 unspecified atom stereocenters. The van der Waals surface area contributed by atoms with Crippen LogP contribution in [0.4, 0.5) is 5.82 Å². The van der Waals surface area contributed by atoms with Crippen molar-refractivity contribution in [2.24, 2.45) is 5.92 Å². The first kappa shape index (κ1) is 10.6. The third-order valence-corrected chi connectivity index (χ3v) is 3.35. The second kappa shape index (κ2) is 4.30. The van der Waals surface area contributed by atoms with Crippen LogP contribution in [0.2, 0.25) is 0 Å². The average Bonchev–Trinajstić information content (AvgIpc) is 2.75. The number of rotatable bonds is 3. The van der Waals surface area contributed by atoms with Crippen LogP contribution in [-0.4, -0.2) is 14.7 Å². The van der Waals surface area contributed by atoms with E-state index in [4.69, 9.17) is 0 Å². The van der Waals surface area contributed by atoms with E-state index in [1.807, 2.05) is 0 Å². The molecule has 1 fully saturated rings. The van der Waals surface area contributed by atoms with Crippen molar-refractivity contribution >= 4 is 21.7 Å². The number of hydrogen-bond acceptors (Lipinski definition) is 3. The molecular weight excluding hydrogens is 262 g/mol. The van der Waals surface area contributed by atoms with Crippen LogP contribution >= 0.6 is 15.9 Å².